The van der Waals surface area contributed by atoms with E-state index in [-0.39, 0.29) is 19.3 Å². The molecule has 12 heteroatoms. The van der Waals surface area contributed by atoms with E-state index in [9.17, 15) is 45.1 Å². The topological polar surface area (TPSA) is 72.5 Å². The third-order valence-electron chi connectivity index (χ3n) is 6.65. The van der Waals surface area contributed by atoms with E-state index < -0.39 is 91.3 Å². The van der Waals surface area contributed by atoms with Crippen LogP contribution in [0.2, 0.25) is 0 Å². The first-order valence-electron chi connectivity index (χ1n) is 9.96. The molecule has 1 N–H and O–H groups in total. The van der Waals surface area contributed by atoms with Gasteiger partial charge in [0.05, 0.1) is 16.2 Å². The van der Waals surface area contributed by atoms with Crippen LogP contribution in [0.15, 0.2) is 0 Å². The molecular formula is C22H16F7NO4. The van der Waals surface area contributed by atoms with Gasteiger partial charge in [0.25, 0.3) is 0 Å². The van der Waals surface area contributed by atoms with Crippen LogP contribution in [0, 0.1) is 57.0 Å². The molecule has 2 aromatic carbocycles. The van der Waals surface area contributed by atoms with Crippen LogP contribution in [-0.2, 0) is 14.4 Å². The Morgan fingerprint density at radius 1 is 0.676 bits per heavy atom. The number of hydrogen-bond acceptors (Lipinski definition) is 4. The molecular weight excluding hydrogens is 475 g/mol. The fraction of sp³-hybridized carbons (Fsp3) is 0.409. The lowest BCUT2D eigenvalue weighted by Gasteiger charge is -2.52. The highest BCUT2D eigenvalue weighted by Gasteiger charge is 2.61. The Balaban J connectivity index is 1.83. The highest BCUT2D eigenvalue weighted by Crippen LogP contribution is 2.57. The second-order valence-corrected chi connectivity index (χ2v) is 9.66. The van der Waals surface area contributed by atoms with E-state index in [1.807, 2.05) is 0 Å². The average Bonchev–Trinajstić information content (AvgIpc) is 2.74. The molecule has 34 heavy (non-hydrogen) atoms. The Morgan fingerprint density at radius 2 is 1.09 bits per heavy atom. The molecule has 4 rings (SSSR count). The quantitative estimate of drug-likeness (QED) is 0.167. The number of halogens is 7. The van der Waals surface area contributed by atoms with Gasteiger partial charge in [0.2, 0.25) is 23.4 Å². The van der Waals surface area contributed by atoms with E-state index in [2.05, 4.69) is 5.32 Å². The largest absolute Gasteiger partial charge is 0.420 e. The van der Waals surface area contributed by atoms with Crippen molar-refractivity contribution in [2.75, 3.05) is 0 Å². The van der Waals surface area contributed by atoms with Crippen molar-refractivity contribution in [2.24, 2.45) is 16.2 Å². The molecule has 1 unspecified atom stereocenters. The molecule has 1 aliphatic heterocycles. The first-order chi connectivity index (χ1) is 15.6. The van der Waals surface area contributed by atoms with Crippen molar-refractivity contribution in [3.05, 3.63) is 40.7 Å². The lowest BCUT2D eigenvalue weighted by atomic mass is 9.52. The van der Waals surface area contributed by atoms with Crippen molar-refractivity contribution < 1.29 is 49.9 Å². The number of fused-ring (bicyclic) bond motifs is 3. The highest BCUT2D eigenvalue weighted by atomic mass is 19.2. The Morgan fingerprint density at radius 3 is 1.56 bits per heavy atom. The normalized spacial score (nSPS) is 28.8. The zero-order valence-corrected chi connectivity index (χ0v) is 17.9. The Hall–Kier alpha value is -3.18. The van der Waals surface area contributed by atoms with Crippen molar-refractivity contribution in [1.82, 2.24) is 5.32 Å². The molecule has 2 amide bonds. The van der Waals surface area contributed by atoms with Crippen LogP contribution in [0.25, 0.3) is 10.8 Å². The maximum Gasteiger partial charge on any atom is 0.317 e. The predicted molar refractivity (Wildman–Crippen MR) is 101 cm³/mol. The van der Waals surface area contributed by atoms with Gasteiger partial charge in [-0.2, -0.15) is 4.39 Å². The van der Waals surface area contributed by atoms with Crippen molar-refractivity contribution in [3.63, 3.8) is 0 Å². The van der Waals surface area contributed by atoms with Gasteiger partial charge < -0.3 is 4.74 Å². The minimum Gasteiger partial charge on any atom is -0.420 e. The van der Waals surface area contributed by atoms with Gasteiger partial charge in [0.1, 0.15) is 0 Å². The highest BCUT2D eigenvalue weighted by molar-refractivity contribution is 6.04. The summed E-state index contributed by atoms with van der Waals surface area (Å²) in [6, 6.07) is 0. The Bertz CT molecular complexity index is 1300. The zero-order valence-electron chi connectivity index (χ0n) is 17.9. The molecule has 2 aromatic rings. The number of rotatable bonds is 2. The van der Waals surface area contributed by atoms with Crippen LogP contribution < -0.4 is 10.1 Å². The summed E-state index contributed by atoms with van der Waals surface area (Å²) in [5, 5.41) is -1.42. The fourth-order valence-corrected chi connectivity index (χ4v) is 5.41. The number of imide groups is 1. The number of amides is 2. The molecule has 182 valence electrons. The molecule has 5 nitrogen and oxygen atoms in total. The number of carbonyl (C=O) groups excluding carboxylic acids is 3. The van der Waals surface area contributed by atoms with Gasteiger partial charge in [-0.3, -0.25) is 19.7 Å². The third kappa shape index (κ3) is 3.10. The lowest BCUT2D eigenvalue weighted by Crippen LogP contribution is -2.63. The summed E-state index contributed by atoms with van der Waals surface area (Å²) >= 11 is 0. The summed E-state index contributed by atoms with van der Waals surface area (Å²) in [5.74, 6) is -21.0. The van der Waals surface area contributed by atoms with E-state index >= 15 is 0 Å². The smallest absolute Gasteiger partial charge is 0.317 e. The number of carbonyl (C=O) groups is 3. The van der Waals surface area contributed by atoms with Crippen molar-refractivity contribution in [3.8, 4) is 5.75 Å². The summed E-state index contributed by atoms with van der Waals surface area (Å²) in [7, 11) is 0. The van der Waals surface area contributed by atoms with Crippen molar-refractivity contribution in [1.29, 1.82) is 0 Å². The second-order valence-electron chi connectivity index (χ2n) is 9.66. The Labute approximate surface area is 187 Å². The number of benzene rings is 2. The SMILES string of the molecule is CC1(C(=O)Oc2c(F)c(F)c3c(F)c(F)c(F)c(F)c3c2F)C[C@@]2(C)C[C@@](C)(C1)C(=O)NC2=O. The van der Waals surface area contributed by atoms with E-state index in [1.165, 1.54) is 20.8 Å². The summed E-state index contributed by atoms with van der Waals surface area (Å²) in [4.78, 5) is 37.8. The van der Waals surface area contributed by atoms with Crippen molar-refractivity contribution in [2.45, 2.75) is 40.0 Å². The summed E-state index contributed by atoms with van der Waals surface area (Å²) in [5.41, 5.74) is -4.18. The monoisotopic (exact) mass is 491 g/mol. The number of piperidine rings is 1. The van der Waals surface area contributed by atoms with Crippen LogP contribution in [0.1, 0.15) is 40.0 Å². The maximum atomic E-state index is 14.9. The summed E-state index contributed by atoms with van der Waals surface area (Å²) in [6.07, 6.45) is -0.373. The minimum absolute atomic E-state index is 0.0796. The molecule has 0 spiro atoms. The minimum atomic E-state index is -2.49. The number of esters is 1. The molecule has 1 aliphatic carbocycles. The first-order valence-corrected chi connectivity index (χ1v) is 9.96. The summed E-state index contributed by atoms with van der Waals surface area (Å²) in [6.45, 7) is 4.22. The van der Waals surface area contributed by atoms with Gasteiger partial charge in [-0.15, -0.1) is 0 Å². The van der Waals surface area contributed by atoms with E-state index in [0.29, 0.717) is 0 Å². The molecule has 0 radical (unpaired) electrons. The molecule has 3 atom stereocenters. The lowest BCUT2D eigenvalue weighted by molar-refractivity contribution is -0.169. The van der Waals surface area contributed by atoms with Crippen LogP contribution in [0.5, 0.6) is 5.75 Å². The molecule has 2 bridgehead atoms. The van der Waals surface area contributed by atoms with Gasteiger partial charge >= 0.3 is 5.97 Å². The van der Waals surface area contributed by atoms with Crippen LogP contribution >= 0.6 is 0 Å². The molecule has 1 heterocycles. The molecule has 0 aromatic heterocycles. The van der Waals surface area contributed by atoms with Gasteiger partial charge in [0, 0.05) is 10.8 Å². The maximum absolute atomic E-state index is 14.9. The number of nitrogens with one attached hydrogen (secondary N) is 1. The predicted octanol–water partition coefficient (Wildman–Crippen LogP) is 4.58. The summed E-state index contributed by atoms with van der Waals surface area (Å²) < 4.78 is 104. The number of ether oxygens (including phenoxy) is 1. The average molecular weight is 491 g/mol. The molecule has 1 saturated heterocycles. The standard InChI is InChI=1S/C22H16F7NO4/c1-20-4-21(2,18(32)30-17(20)31)6-22(3,5-20)19(33)34-16-12(26)8-7(11(25)15(16)29)9(23)13(27)14(28)10(8)24/h4-6H2,1-3H3,(H,30,31,32)/t20-,21+,22?. The van der Waals surface area contributed by atoms with Crippen LogP contribution in [-0.4, -0.2) is 17.8 Å². The van der Waals surface area contributed by atoms with Crippen molar-refractivity contribution >= 4 is 28.6 Å². The third-order valence-corrected chi connectivity index (χ3v) is 6.65. The van der Waals surface area contributed by atoms with Crippen LogP contribution in [0.3, 0.4) is 0 Å². The van der Waals surface area contributed by atoms with E-state index in [1.54, 1.807) is 0 Å². The molecule has 1 saturated carbocycles. The van der Waals surface area contributed by atoms with E-state index in [0.717, 1.165) is 0 Å². The molecule has 2 fully saturated rings. The Kier molecular flexibility index (Phi) is 5.05. The molecule has 2 aliphatic rings. The van der Waals surface area contributed by atoms with Crippen LogP contribution in [0.4, 0.5) is 30.7 Å². The van der Waals surface area contributed by atoms with Gasteiger partial charge in [-0.1, -0.05) is 13.8 Å². The first kappa shape index (κ1) is 24.0. The number of hydrogen-bond donors (Lipinski definition) is 1. The van der Waals surface area contributed by atoms with E-state index in [4.69, 9.17) is 4.74 Å². The van der Waals surface area contributed by atoms with Gasteiger partial charge in [0.15, 0.2) is 34.9 Å². The second kappa shape index (κ2) is 7.16. The zero-order chi connectivity index (χ0) is 25.5. The van der Waals surface area contributed by atoms with Gasteiger partial charge in [-0.25, -0.2) is 26.3 Å². The fourth-order valence-electron chi connectivity index (χ4n) is 5.41. The van der Waals surface area contributed by atoms with Gasteiger partial charge in [-0.05, 0) is 26.2 Å².